The van der Waals surface area contributed by atoms with Crippen molar-refractivity contribution in [1.29, 1.82) is 0 Å². The third-order valence-corrected chi connectivity index (χ3v) is 4.98. The van der Waals surface area contributed by atoms with Crippen LogP contribution in [0.2, 0.25) is 0 Å². The summed E-state index contributed by atoms with van der Waals surface area (Å²) in [6.07, 6.45) is 2.11. The first kappa shape index (κ1) is 24.6. The summed E-state index contributed by atoms with van der Waals surface area (Å²) in [5.74, 6) is -0.0900. The van der Waals surface area contributed by atoms with E-state index in [1.165, 1.54) is 5.56 Å². The Kier molecular flexibility index (Phi) is 10.9. The molecule has 2 amide bonds. The summed E-state index contributed by atoms with van der Waals surface area (Å²) in [6, 6.07) is 7.92. The molecule has 1 fully saturated rings. The summed E-state index contributed by atoms with van der Waals surface area (Å²) in [5, 5.41) is 13.0. The third-order valence-electron chi connectivity index (χ3n) is 4.98. The largest absolute Gasteiger partial charge is 0.483 e. The third kappa shape index (κ3) is 8.62. The summed E-state index contributed by atoms with van der Waals surface area (Å²) >= 11 is 0. The molecule has 3 atom stereocenters. The van der Waals surface area contributed by atoms with Crippen LogP contribution in [0.1, 0.15) is 30.4 Å². The Morgan fingerprint density at radius 2 is 1.93 bits per heavy atom. The highest BCUT2D eigenvalue weighted by Gasteiger charge is 2.34. The summed E-state index contributed by atoms with van der Waals surface area (Å²) in [4.78, 5) is 34.9. The fraction of sp³-hybridized carbons (Fsp3) is 0.571. The van der Waals surface area contributed by atoms with Crippen molar-refractivity contribution < 1.29 is 24.2 Å². The first-order valence-electron chi connectivity index (χ1n) is 9.69. The number of benzene rings is 1. The average Bonchev–Trinajstić information content (AvgIpc) is 2.67. The van der Waals surface area contributed by atoms with Crippen molar-refractivity contribution >= 4 is 18.3 Å². The molecule has 1 saturated carbocycles. The van der Waals surface area contributed by atoms with Crippen LogP contribution < -0.4 is 10.6 Å². The lowest BCUT2D eigenvalue weighted by Gasteiger charge is -2.35. The summed E-state index contributed by atoms with van der Waals surface area (Å²) in [5.41, 5.74) is 2.30. The molecule has 0 spiro atoms. The number of nitrogens with zero attached hydrogens (tertiary/aromatic N) is 1. The normalized spacial score (nSPS) is 20.9. The minimum atomic E-state index is -0.250. The number of carbonyl (C=O) groups is 3. The molecule has 0 heterocycles. The zero-order valence-electron chi connectivity index (χ0n) is 17.7. The highest BCUT2D eigenvalue weighted by atomic mass is 16.5. The van der Waals surface area contributed by atoms with E-state index in [4.69, 9.17) is 14.6 Å². The van der Waals surface area contributed by atoms with Gasteiger partial charge in [0.25, 0.3) is 6.47 Å². The lowest BCUT2D eigenvalue weighted by Crippen LogP contribution is -2.51. The van der Waals surface area contributed by atoms with Gasteiger partial charge < -0.3 is 25.4 Å². The van der Waals surface area contributed by atoms with Gasteiger partial charge in [0.15, 0.2) is 0 Å². The molecular formula is C21H33N3O5. The zero-order valence-corrected chi connectivity index (χ0v) is 17.7. The van der Waals surface area contributed by atoms with E-state index in [9.17, 15) is 9.59 Å². The van der Waals surface area contributed by atoms with Gasteiger partial charge in [-0.15, -0.1) is 0 Å². The molecule has 0 bridgehead atoms. The Bertz CT molecular complexity index is 665. The van der Waals surface area contributed by atoms with Crippen LogP contribution in [0.3, 0.4) is 0 Å². The Morgan fingerprint density at radius 1 is 1.28 bits per heavy atom. The van der Waals surface area contributed by atoms with Crippen LogP contribution in [-0.4, -0.2) is 68.2 Å². The predicted molar refractivity (Wildman–Crippen MR) is 110 cm³/mol. The number of nitrogens with one attached hydrogen (secondary N) is 2. The van der Waals surface area contributed by atoms with E-state index >= 15 is 0 Å². The molecule has 0 aromatic heterocycles. The van der Waals surface area contributed by atoms with E-state index in [0.717, 1.165) is 18.4 Å². The molecule has 162 valence electrons. The maximum atomic E-state index is 12.6. The topological polar surface area (TPSA) is 108 Å². The Morgan fingerprint density at radius 3 is 2.52 bits per heavy atom. The van der Waals surface area contributed by atoms with Gasteiger partial charge in [-0.1, -0.05) is 24.3 Å². The SMILES string of the molecule is CO[C@@H]1CC[C@H](C(=O)NCc2ccccc2C)C[C@H]1NC(=O)CN(C)C.O=CO. The fourth-order valence-electron chi connectivity index (χ4n) is 3.49. The Labute approximate surface area is 172 Å². The maximum absolute atomic E-state index is 12.6. The van der Waals surface area contributed by atoms with Crippen LogP contribution in [-0.2, 0) is 25.7 Å². The molecule has 29 heavy (non-hydrogen) atoms. The zero-order chi connectivity index (χ0) is 21.8. The van der Waals surface area contributed by atoms with E-state index < -0.39 is 0 Å². The minimum absolute atomic E-state index is 0.0389. The van der Waals surface area contributed by atoms with Crippen LogP contribution in [0, 0.1) is 12.8 Å². The number of carboxylic acid groups (broad SMARTS) is 1. The molecule has 0 aliphatic heterocycles. The monoisotopic (exact) mass is 407 g/mol. The molecule has 0 saturated heterocycles. The van der Waals surface area contributed by atoms with E-state index in [-0.39, 0.29) is 36.4 Å². The number of amides is 2. The van der Waals surface area contributed by atoms with Crippen LogP contribution >= 0.6 is 0 Å². The van der Waals surface area contributed by atoms with Crippen molar-refractivity contribution in [1.82, 2.24) is 15.5 Å². The number of likely N-dealkylation sites (N-methyl/N-ethyl adjacent to an activating group) is 1. The molecule has 1 aliphatic rings. The van der Waals surface area contributed by atoms with Crippen LogP contribution in [0.4, 0.5) is 0 Å². The number of ether oxygens (including phenoxy) is 1. The van der Waals surface area contributed by atoms with E-state index in [0.29, 0.717) is 19.5 Å². The first-order valence-corrected chi connectivity index (χ1v) is 9.69. The molecule has 1 aromatic carbocycles. The molecule has 1 aromatic rings. The van der Waals surface area contributed by atoms with Gasteiger partial charge in [-0.2, -0.15) is 0 Å². The summed E-state index contributed by atoms with van der Waals surface area (Å²) < 4.78 is 5.52. The number of aryl methyl sites for hydroxylation is 1. The second-order valence-electron chi connectivity index (χ2n) is 7.45. The highest BCUT2D eigenvalue weighted by Crippen LogP contribution is 2.27. The fourth-order valence-corrected chi connectivity index (χ4v) is 3.49. The van der Waals surface area contributed by atoms with Crippen molar-refractivity contribution in [3.8, 4) is 0 Å². The quantitative estimate of drug-likeness (QED) is 0.586. The van der Waals surface area contributed by atoms with Gasteiger partial charge in [0.2, 0.25) is 11.8 Å². The summed E-state index contributed by atoms with van der Waals surface area (Å²) in [6.45, 7) is 2.66. The Hall–Kier alpha value is -2.45. The van der Waals surface area contributed by atoms with Gasteiger partial charge in [0.1, 0.15) is 0 Å². The molecule has 0 radical (unpaired) electrons. The van der Waals surface area contributed by atoms with Gasteiger partial charge in [0, 0.05) is 19.6 Å². The van der Waals surface area contributed by atoms with Crippen molar-refractivity contribution in [2.45, 2.75) is 44.9 Å². The molecule has 8 nitrogen and oxygen atoms in total. The van der Waals surface area contributed by atoms with Gasteiger partial charge in [0.05, 0.1) is 18.7 Å². The Balaban J connectivity index is 0.00000132. The van der Waals surface area contributed by atoms with Crippen LogP contribution in [0.15, 0.2) is 24.3 Å². The molecule has 1 aliphatic carbocycles. The standard InChI is InChI=1S/C20H31N3O3.CH2O2/c1-14-7-5-6-8-16(14)12-21-20(25)15-9-10-18(26-4)17(11-15)22-19(24)13-23(2)3;2-1-3/h5-8,15,17-18H,9-13H2,1-4H3,(H,21,25)(H,22,24);1H,(H,2,3)/t15-,17+,18+;/m0./s1. The van der Waals surface area contributed by atoms with Crippen molar-refractivity contribution in [3.05, 3.63) is 35.4 Å². The van der Waals surface area contributed by atoms with Gasteiger partial charge in [-0.25, -0.2) is 0 Å². The minimum Gasteiger partial charge on any atom is -0.483 e. The first-order chi connectivity index (χ1) is 13.8. The molecule has 3 N–H and O–H groups in total. The molecule has 8 heteroatoms. The van der Waals surface area contributed by atoms with E-state index in [2.05, 4.69) is 10.6 Å². The van der Waals surface area contributed by atoms with Gasteiger partial charge in [-0.05, 0) is 51.4 Å². The molecule has 2 rings (SSSR count). The molecule has 0 unspecified atom stereocenters. The second kappa shape index (κ2) is 12.9. The average molecular weight is 408 g/mol. The van der Waals surface area contributed by atoms with Crippen molar-refractivity contribution in [2.24, 2.45) is 5.92 Å². The van der Waals surface area contributed by atoms with Crippen molar-refractivity contribution in [2.75, 3.05) is 27.7 Å². The predicted octanol–water partition coefficient (Wildman–Crippen LogP) is 1.17. The number of rotatable bonds is 7. The lowest BCUT2D eigenvalue weighted by molar-refractivity contribution is -0.130. The van der Waals surface area contributed by atoms with Gasteiger partial charge in [-0.3, -0.25) is 14.4 Å². The number of methoxy groups -OCH3 is 1. The summed E-state index contributed by atoms with van der Waals surface area (Å²) in [7, 11) is 5.38. The van der Waals surface area contributed by atoms with Gasteiger partial charge >= 0.3 is 0 Å². The van der Waals surface area contributed by atoms with Crippen LogP contribution in [0.25, 0.3) is 0 Å². The van der Waals surface area contributed by atoms with Crippen molar-refractivity contribution in [3.63, 3.8) is 0 Å². The van der Waals surface area contributed by atoms with E-state index in [1.807, 2.05) is 50.2 Å². The van der Waals surface area contributed by atoms with E-state index in [1.54, 1.807) is 7.11 Å². The number of hydrogen-bond donors (Lipinski definition) is 3. The van der Waals surface area contributed by atoms with Crippen LogP contribution in [0.5, 0.6) is 0 Å². The maximum Gasteiger partial charge on any atom is 0.290 e. The highest BCUT2D eigenvalue weighted by molar-refractivity contribution is 5.80. The second-order valence-corrected chi connectivity index (χ2v) is 7.45. The number of carbonyl (C=O) groups excluding carboxylic acids is 2. The smallest absolute Gasteiger partial charge is 0.290 e. The lowest BCUT2D eigenvalue weighted by atomic mass is 9.83. The molecular weight excluding hydrogens is 374 g/mol. The number of hydrogen-bond acceptors (Lipinski definition) is 5.